The van der Waals surface area contributed by atoms with Crippen LogP contribution >= 0.6 is 0 Å². The van der Waals surface area contributed by atoms with Crippen molar-refractivity contribution in [3.05, 3.63) is 78.2 Å². The molecule has 0 saturated carbocycles. The van der Waals surface area contributed by atoms with Crippen molar-refractivity contribution in [1.82, 2.24) is 4.98 Å². The Morgan fingerprint density at radius 1 is 0.870 bits per heavy atom. The molecule has 1 nitrogen and oxygen atoms in total. The van der Waals surface area contributed by atoms with Gasteiger partial charge in [0.1, 0.15) is 5.82 Å². The van der Waals surface area contributed by atoms with E-state index in [0.717, 1.165) is 28.8 Å². The van der Waals surface area contributed by atoms with Gasteiger partial charge in [0.25, 0.3) is 0 Å². The van der Waals surface area contributed by atoms with Crippen molar-refractivity contribution in [3.8, 4) is 22.4 Å². The lowest BCUT2D eigenvalue weighted by Gasteiger charge is -2.09. The van der Waals surface area contributed by atoms with Crippen LogP contribution in [0.5, 0.6) is 0 Å². The minimum atomic E-state index is -0.215. The van der Waals surface area contributed by atoms with E-state index in [1.165, 1.54) is 17.7 Å². The van der Waals surface area contributed by atoms with Gasteiger partial charge in [0.2, 0.25) is 0 Å². The minimum Gasteiger partial charge on any atom is -0.256 e. The Morgan fingerprint density at radius 3 is 2.35 bits per heavy atom. The van der Waals surface area contributed by atoms with Crippen LogP contribution in [0.2, 0.25) is 0 Å². The average Bonchev–Trinajstić information content (AvgIpc) is 2.55. The Balaban J connectivity index is 1.95. The fraction of sp³-hybridized carbons (Fsp3) is 0.190. The van der Waals surface area contributed by atoms with Gasteiger partial charge in [0, 0.05) is 11.8 Å². The first kappa shape index (κ1) is 15.4. The number of hydrogen-bond acceptors (Lipinski definition) is 1. The molecule has 0 N–H and O–H groups in total. The number of nitrogens with zero attached hydrogens (tertiary/aromatic N) is 1. The van der Waals surface area contributed by atoms with E-state index in [0.29, 0.717) is 5.92 Å². The van der Waals surface area contributed by atoms with E-state index in [1.807, 2.05) is 18.3 Å². The highest BCUT2D eigenvalue weighted by Crippen LogP contribution is 2.26. The molecule has 0 amide bonds. The van der Waals surface area contributed by atoms with Crippen molar-refractivity contribution in [2.45, 2.75) is 20.3 Å². The van der Waals surface area contributed by atoms with Crippen molar-refractivity contribution in [1.29, 1.82) is 0 Å². The summed E-state index contributed by atoms with van der Waals surface area (Å²) < 4.78 is 13.1. The fourth-order valence-electron chi connectivity index (χ4n) is 2.73. The molecule has 2 heteroatoms. The van der Waals surface area contributed by atoms with Gasteiger partial charge in [-0.15, -0.1) is 0 Å². The predicted octanol–water partition coefficient (Wildman–Crippen LogP) is 5.75. The summed E-state index contributed by atoms with van der Waals surface area (Å²) in [6, 6.07) is 19.0. The highest BCUT2D eigenvalue weighted by atomic mass is 19.1. The number of pyridine rings is 1. The molecule has 1 heterocycles. The maximum absolute atomic E-state index is 13.1. The first-order chi connectivity index (χ1) is 11.1. The Bertz CT molecular complexity index is 791. The molecule has 0 unspecified atom stereocenters. The van der Waals surface area contributed by atoms with Crippen LogP contribution in [-0.2, 0) is 6.42 Å². The molecule has 3 aromatic rings. The third-order valence-electron chi connectivity index (χ3n) is 3.80. The standard InChI is InChI=1S/C21H20FN/c1-15(2)12-16-10-11-23-21(13-16)19-5-3-4-18(14-19)17-6-8-20(22)9-7-17/h3-11,13-15H,12H2,1-2H3. The third-order valence-corrected chi connectivity index (χ3v) is 3.80. The van der Waals surface area contributed by atoms with E-state index in [1.54, 1.807) is 12.1 Å². The van der Waals surface area contributed by atoms with Gasteiger partial charge in [-0.25, -0.2) is 4.39 Å². The van der Waals surface area contributed by atoms with Crippen LogP contribution in [0.15, 0.2) is 66.9 Å². The van der Waals surface area contributed by atoms with Gasteiger partial charge < -0.3 is 0 Å². The predicted molar refractivity (Wildman–Crippen MR) is 93.6 cm³/mol. The Hall–Kier alpha value is -2.48. The van der Waals surface area contributed by atoms with E-state index < -0.39 is 0 Å². The summed E-state index contributed by atoms with van der Waals surface area (Å²) in [7, 11) is 0. The number of halogens is 1. The molecule has 0 saturated heterocycles. The number of aromatic nitrogens is 1. The van der Waals surface area contributed by atoms with Crippen molar-refractivity contribution in [2.75, 3.05) is 0 Å². The smallest absolute Gasteiger partial charge is 0.123 e. The minimum absolute atomic E-state index is 0.215. The van der Waals surface area contributed by atoms with Crippen LogP contribution < -0.4 is 0 Å². The van der Waals surface area contributed by atoms with E-state index >= 15 is 0 Å². The van der Waals surface area contributed by atoms with Gasteiger partial charge in [0.15, 0.2) is 0 Å². The molecule has 0 aliphatic carbocycles. The molecule has 116 valence electrons. The van der Waals surface area contributed by atoms with Crippen LogP contribution in [-0.4, -0.2) is 4.98 Å². The first-order valence-electron chi connectivity index (χ1n) is 7.93. The van der Waals surface area contributed by atoms with E-state index in [-0.39, 0.29) is 5.82 Å². The second kappa shape index (κ2) is 6.74. The first-order valence-corrected chi connectivity index (χ1v) is 7.93. The second-order valence-corrected chi connectivity index (χ2v) is 6.23. The normalized spacial score (nSPS) is 11.0. The third kappa shape index (κ3) is 3.84. The van der Waals surface area contributed by atoms with Crippen LogP contribution in [0.25, 0.3) is 22.4 Å². The molecule has 0 radical (unpaired) electrons. The molecule has 2 aromatic carbocycles. The molecule has 1 aromatic heterocycles. The maximum Gasteiger partial charge on any atom is 0.123 e. The molecule has 23 heavy (non-hydrogen) atoms. The van der Waals surface area contributed by atoms with Crippen molar-refractivity contribution in [3.63, 3.8) is 0 Å². The summed E-state index contributed by atoms with van der Waals surface area (Å²) >= 11 is 0. The lowest BCUT2D eigenvalue weighted by Crippen LogP contribution is -1.95. The number of rotatable bonds is 4. The zero-order valence-electron chi connectivity index (χ0n) is 13.5. The van der Waals surface area contributed by atoms with Crippen LogP contribution in [0.3, 0.4) is 0 Å². The zero-order valence-corrected chi connectivity index (χ0v) is 13.5. The highest BCUT2D eigenvalue weighted by Gasteiger charge is 2.05. The van der Waals surface area contributed by atoms with E-state index in [9.17, 15) is 4.39 Å². The maximum atomic E-state index is 13.1. The SMILES string of the molecule is CC(C)Cc1ccnc(-c2cccc(-c3ccc(F)cc3)c2)c1. The van der Waals surface area contributed by atoms with E-state index in [2.05, 4.69) is 43.1 Å². The van der Waals surface area contributed by atoms with Gasteiger partial charge in [-0.2, -0.15) is 0 Å². The molecular formula is C21H20FN. The van der Waals surface area contributed by atoms with E-state index in [4.69, 9.17) is 0 Å². The van der Waals surface area contributed by atoms with Crippen LogP contribution in [0, 0.1) is 11.7 Å². The molecular weight excluding hydrogens is 285 g/mol. The van der Waals surface area contributed by atoms with Gasteiger partial charge in [-0.1, -0.05) is 44.2 Å². The molecule has 0 fully saturated rings. The summed E-state index contributed by atoms with van der Waals surface area (Å²) in [5.41, 5.74) is 5.44. The van der Waals surface area contributed by atoms with Gasteiger partial charge >= 0.3 is 0 Å². The van der Waals surface area contributed by atoms with Gasteiger partial charge in [-0.3, -0.25) is 4.98 Å². The molecule has 3 rings (SSSR count). The Morgan fingerprint density at radius 2 is 1.61 bits per heavy atom. The zero-order chi connectivity index (χ0) is 16.2. The Kier molecular flexibility index (Phi) is 4.52. The number of benzene rings is 2. The van der Waals surface area contributed by atoms with Crippen molar-refractivity contribution in [2.24, 2.45) is 5.92 Å². The van der Waals surface area contributed by atoms with Crippen LogP contribution in [0.1, 0.15) is 19.4 Å². The van der Waals surface area contributed by atoms with Crippen molar-refractivity contribution >= 4 is 0 Å². The largest absolute Gasteiger partial charge is 0.256 e. The molecule has 0 spiro atoms. The van der Waals surface area contributed by atoms with Crippen molar-refractivity contribution < 1.29 is 4.39 Å². The van der Waals surface area contributed by atoms with Crippen LogP contribution in [0.4, 0.5) is 4.39 Å². The molecule has 0 aliphatic rings. The highest BCUT2D eigenvalue weighted by molar-refractivity contribution is 5.71. The second-order valence-electron chi connectivity index (χ2n) is 6.23. The molecule has 0 aliphatic heterocycles. The summed E-state index contributed by atoms with van der Waals surface area (Å²) in [4.78, 5) is 4.51. The van der Waals surface area contributed by atoms with Gasteiger partial charge in [-0.05, 0) is 59.4 Å². The number of hydrogen-bond donors (Lipinski definition) is 0. The summed E-state index contributed by atoms with van der Waals surface area (Å²) in [5, 5.41) is 0. The lowest BCUT2D eigenvalue weighted by atomic mass is 9.99. The van der Waals surface area contributed by atoms with Gasteiger partial charge in [0.05, 0.1) is 5.69 Å². The lowest BCUT2D eigenvalue weighted by molar-refractivity contribution is 0.628. The quantitative estimate of drug-likeness (QED) is 0.597. The topological polar surface area (TPSA) is 12.9 Å². The Labute approximate surface area is 136 Å². The summed E-state index contributed by atoms with van der Waals surface area (Å²) in [5.74, 6) is 0.406. The fourth-order valence-corrected chi connectivity index (χ4v) is 2.73. The molecule has 0 bridgehead atoms. The average molecular weight is 305 g/mol. The molecule has 0 atom stereocenters. The monoisotopic (exact) mass is 305 g/mol. The summed E-state index contributed by atoms with van der Waals surface area (Å²) in [6.07, 6.45) is 2.92. The summed E-state index contributed by atoms with van der Waals surface area (Å²) in [6.45, 7) is 4.44.